The van der Waals surface area contributed by atoms with Gasteiger partial charge in [0.15, 0.2) is 0 Å². The Labute approximate surface area is 149 Å². The molecular weight excluding hydrogens is 361 g/mol. The van der Waals surface area contributed by atoms with Crippen LogP contribution in [0.25, 0.3) is 0 Å². The summed E-state index contributed by atoms with van der Waals surface area (Å²) in [5, 5.41) is 5.05. The maximum Gasteiger partial charge on any atom is 0.353 e. The van der Waals surface area contributed by atoms with Crippen molar-refractivity contribution < 1.29 is 22.3 Å². The molecule has 0 spiro atoms. The number of carbonyl (C=O) groups is 1. The molecule has 0 aliphatic carbocycles. The summed E-state index contributed by atoms with van der Waals surface area (Å²) in [6, 6.07) is 10.9. The Morgan fingerprint density at radius 1 is 1.12 bits per heavy atom. The second kappa shape index (κ2) is 7.89. The van der Waals surface area contributed by atoms with Crippen molar-refractivity contribution in [1.82, 2.24) is 0 Å². The van der Waals surface area contributed by atoms with Crippen molar-refractivity contribution >= 4 is 27.4 Å². The highest BCUT2D eigenvalue weighted by atomic mass is 32.2. The van der Waals surface area contributed by atoms with Crippen LogP contribution in [0.5, 0.6) is 0 Å². The molecule has 2 aromatic rings. The monoisotopic (exact) mass is 377 g/mol. The van der Waals surface area contributed by atoms with Crippen molar-refractivity contribution in [3.8, 4) is 0 Å². The van der Waals surface area contributed by atoms with Crippen molar-refractivity contribution in [2.24, 2.45) is 15.9 Å². The fourth-order valence-corrected chi connectivity index (χ4v) is 2.49. The number of esters is 1. The third kappa shape index (κ3) is 4.98. The Morgan fingerprint density at radius 3 is 2.19 bits per heavy atom. The number of methoxy groups -OCH3 is 1. The summed E-state index contributed by atoms with van der Waals surface area (Å²) in [6.07, 6.45) is 1.28. The number of ether oxygens (including phenoxy) is 1. The van der Waals surface area contributed by atoms with Gasteiger partial charge in [-0.3, -0.25) is 0 Å². The molecule has 0 atom stereocenters. The van der Waals surface area contributed by atoms with Crippen molar-refractivity contribution in [2.75, 3.05) is 7.11 Å². The van der Waals surface area contributed by atoms with Crippen LogP contribution in [0.1, 0.15) is 5.56 Å². The van der Waals surface area contributed by atoms with E-state index in [9.17, 15) is 17.6 Å². The van der Waals surface area contributed by atoms with Crippen molar-refractivity contribution in [3.63, 3.8) is 0 Å². The fraction of sp³-hybridized carbons (Fsp3) is 0.0588. The van der Waals surface area contributed by atoms with E-state index in [-0.39, 0.29) is 16.3 Å². The summed E-state index contributed by atoms with van der Waals surface area (Å²) < 4.78 is 40.3. The average molecular weight is 377 g/mol. The molecule has 136 valence electrons. The lowest BCUT2D eigenvalue weighted by Gasteiger charge is -2.05. The van der Waals surface area contributed by atoms with Gasteiger partial charge in [0.05, 0.1) is 23.4 Å². The second-order valence-electron chi connectivity index (χ2n) is 5.13. The zero-order chi connectivity index (χ0) is 19.3. The smallest absolute Gasteiger partial charge is 0.353 e. The number of aliphatic imine (C=N–C) groups is 1. The van der Waals surface area contributed by atoms with E-state index in [1.165, 1.54) is 61.7 Å². The maximum absolute atomic E-state index is 13.2. The number of rotatable bonds is 5. The minimum absolute atomic E-state index is 0.0654. The molecule has 0 heterocycles. The number of nitrogens with zero attached hydrogens (tertiary/aromatic N) is 1. The summed E-state index contributed by atoms with van der Waals surface area (Å²) >= 11 is 0. The Hall–Kier alpha value is -3.04. The van der Waals surface area contributed by atoms with Gasteiger partial charge in [-0.1, -0.05) is 0 Å². The molecule has 7 nitrogen and oxygen atoms in total. The van der Waals surface area contributed by atoms with Crippen LogP contribution in [-0.4, -0.2) is 27.2 Å². The number of halogens is 1. The number of allylic oxidation sites excluding steroid dienone is 1. The quantitative estimate of drug-likeness (QED) is 0.465. The summed E-state index contributed by atoms with van der Waals surface area (Å²) in [5.74, 6) is -1.18. The molecule has 0 radical (unpaired) electrons. The summed E-state index contributed by atoms with van der Waals surface area (Å²) in [5.41, 5.74) is 6.60. The van der Waals surface area contributed by atoms with Gasteiger partial charge in [-0.2, -0.15) is 0 Å². The van der Waals surface area contributed by atoms with Gasteiger partial charge in [0.1, 0.15) is 11.5 Å². The van der Waals surface area contributed by atoms with Crippen LogP contribution in [0.3, 0.4) is 0 Å². The predicted octanol–water partition coefficient (Wildman–Crippen LogP) is 1.61. The van der Waals surface area contributed by atoms with E-state index < -0.39 is 21.8 Å². The first-order chi connectivity index (χ1) is 12.2. The molecule has 0 fully saturated rings. The molecular formula is C17H16FN3O4S. The highest BCUT2D eigenvalue weighted by Crippen LogP contribution is 2.18. The van der Waals surface area contributed by atoms with Crippen LogP contribution >= 0.6 is 0 Å². The predicted molar refractivity (Wildman–Crippen MR) is 94.7 cm³/mol. The van der Waals surface area contributed by atoms with E-state index in [0.29, 0.717) is 11.3 Å². The SMILES string of the molecule is COC(=O)/C(N)=C/C(=Nc1ccc(S(N)(=O)=O)cc1)c1ccc(F)cc1. The molecule has 4 N–H and O–H groups in total. The molecule has 9 heteroatoms. The number of benzene rings is 2. The Morgan fingerprint density at radius 2 is 1.69 bits per heavy atom. The molecule has 0 amide bonds. The molecule has 0 saturated carbocycles. The van der Waals surface area contributed by atoms with Crippen LogP contribution in [-0.2, 0) is 19.6 Å². The number of primary sulfonamides is 1. The molecule has 0 aliphatic rings. The number of hydrogen-bond donors (Lipinski definition) is 2. The molecule has 26 heavy (non-hydrogen) atoms. The largest absolute Gasteiger partial charge is 0.464 e. The topological polar surface area (TPSA) is 125 Å². The molecule has 2 aromatic carbocycles. The van der Waals surface area contributed by atoms with E-state index in [2.05, 4.69) is 9.73 Å². The first kappa shape index (κ1) is 19.3. The second-order valence-corrected chi connectivity index (χ2v) is 6.70. The van der Waals surface area contributed by atoms with Crippen molar-refractivity contribution in [3.05, 3.63) is 71.7 Å². The third-order valence-corrected chi connectivity index (χ3v) is 4.20. The lowest BCUT2D eigenvalue weighted by atomic mass is 10.1. The highest BCUT2D eigenvalue weighted by Gasteiger charge is 2.10. The lowest BCUT2D eigenvalue weighted by Crippen LogP contribution is -2.15. The number of carbonyl (C=O) groups excluding carboxylic acids is 1. The van der Waals surface area contributed by atoms with E-state index in [4.69, 9.17) is 10.9 Å². The highest BCUT2D eigenvalue weighted by molar-refractivity contribution is 7.89. The third-order valence-electron chi connectivity index (χ3n) is 3.27. The fourth-order valence-electron chi connectivity index (χ4n) is 1.97. The molecule has 2 rings (SSSR count). The standard InChI is InChI=1S/C17H16FN3O4S/c1-25-17(22)15(19)10-16(11-2-4-12(18)5-3-11)21-13-6-8-14(9-7-13)26(20,23)24/h2-10H,19H2,1H3,(H2,20,23,24)/b15-10-,21-16?. The van der Waals surface area contributed by atoms with E-state index in [1.54, 1.807) is 0 Å². The Bertz CT molecular complexity index is 966. The van der Waals surface area contributed by atoms with Gasteiger partial charge < -0.3 is 10.5 Å². The lowest BCUT2D eigenvalue weighted by molar-refractivity contribution is -0.136. The number of nitrogens with two attached hydrogens (primary N) is 2. The normalized spacial score (nSPS) is 12.7. The van der Waals surface area contributed by atoms with Gasteiger partial charge >= 0.3 is 5.97 Å². The average Bonchev–Trinajstić information content (AvgIpc) is 2.60. The summed E-state index contributed by atoms with van der Waals surface area (Å²) in [6.45, 7) is 0. The van der Waals surface area contributed by atoms with Crippen LogP contribution in [0.4, 0.5) is 10.1 Å². The van der Waals surface area contributed by atoms with E-state index in [1.807, 2.05) is 0 Å². The molecule has 0 aromatic heterocycles. The van der Waals surface area contributed by atoms with Crippen molar-refractivity contribution in [2.45, 2.75) is 4.90 Å². The number of hydrogen-bond acceptors (Lipinski definition) is 6. The van der Waals surface area contributed by atoms with Gasteiger partial charge in [-0.15, -0.1) is 0 Å². The first-order valence-corrected chi connectivity index (χ1v) is 8.78. The Kier molecular flexibility index (Phi) is 5.86. The van der Waals surface area contributed by atoms with Gasteiger partial charge in [0, 0.05) is 5.56 Å². The molecule has 0 bridgehead atoms. The molecule has 0 aliphatic heterocycles. The zero-order valence-corrected chi connectivity index (χ0v) is 14.5. The minimum atomic E-state index is -3.82. The van der Waals surface area contributed by atoms with Crippen LogP contribution < -0.4 is 10.9 Å². The van der Waals surface area contributed by atoms with Crippen LogP contribution in [0, 0.1) is 5.82 Å². The Balaban J connectivity index is 2.50. The van der Waals surface area contributed by atoms with Gasteiger partial charge in [-0.25, -0.2) is 27.7 Å². The van der Waals surface area contributed by atoms with E-state index in [0.717, 1.165) is 0 Å². The maximum atomic E-state index is 13.2. The zero-order valence-electron chi connectivity index (χ0n) is 13.7. The first-order valence-electron chi connectivity index (χ1n) is 7.23. The summed E-state index contributed by atoms with van der Waals surface area (Å²) in [4.78, 5) is 15.8. The summed E-state index contributed by atoms with van der Waals surface area (Å²) in [7, 11) is -2.64. The van der Waals surface area contributed by atoms with Crippen LogP contribution in [0.15, 0.2) is 70.2 Å². The van der Waals surface area contributed by atoms with E-state index >= 15 is 0 Å². The minimum Gasteiger partial charge on any atom is -0.464 e. The van der Waals surface area contributed by atoms with Gasteiger partial charge in [0.25, 0.3) is 0 Å². The van der Waals surface area contributed by atoms with Gasteiger partial charge in [0.2, 0.25) is 10.0 Å². The van der Waals surface area contributed by atoms with Crippen LogP contribution in [0.2, 0.25) is 0 Å². The molecule has 0 unspecified atom stereocenters. The number of sulfonamides is 1. The van der Waals surface area contributed by atoms with Gasteiger partial charge in [-0.05, 0) is 54.6 Å². The van der Waals surface area contributed by atoms with Crippen molar-refractivity contribution in [1.29, 1.82) is 0 Å². The molecule has 0 saturated heterocycles.